The summed E-state index contributed by atoms with van der Waals surface area (Å²) in [5, 5.41) is 2.81. The summed E-state index contributed by atoms with van der Waals surface area (Å²) in [7, 11) is 0. The van der Waals surface area contributed by atoms with Crippen LogP contribution in [0.5, 0.6) is 17.2 Å². The second kappa shape index (κ2) is 5.75. The van der Waals surface area contributed by atoms with Crippen LogP contribution in [-0.2, 0) is 4.79 Å². The molecule has 1 N–H and O–H groups in total. The Balaban J connectivity index is 1.58. The summed E-state index contributed by atoms with van der Waals surface area (Å²) in [6.45, 7) is 2.09. The van der Waals surface area contributed by atoms with Gasteiger partial charge in [-0.25, -0.2) is 0 Å². The lowest BCUT2D eigenvalue weighted by Gasteiger charge is -2.09. The van der Waals surface area contributed by atoms with E-state index in [1.165, 1.54) is 0 Å². The summed E-state index contributed by atoms with van der Waals surface area (Å²) in [5.74, 6) is 1.68. The van der Waals surface area contributed by atoms with E-state index in [1.807, 2.05) is 31.2 Å². The first-order valence-electron chi connectivity index (χ1n) is 6.60. The van der Waals surface area contributed by atoms with Gasteiger partial charge in [-0.15, -0.1) is 0 Å². The summed E-state index contributed by atoms with van der Waals surface area (Å²) < 4.78 is 15.9. The Kier molecular flexibility index (Phi) is 3.64. The van der Waals surface area contributed by atoms with Crippen molar-refractivity contribution < 1.29 is 19.0 Å². The molecule has 2 aromatic carbocycles. The zero-order valence-electron chi connectivity index (χ0n) is 11.6. The summed E-state index contributed by atoms with van der Waals surface area (Å²) >= 11 is 0. The highest BCUT2D eigenvalue weighted by Crippen LogP contribution is 2.35. The van der Waals surface area contributed by atoms with Crippen LogP contribution in [0.1, 0.15) is 5.56 Å². The van der Waals surface area contributed by atoms with Crippen LogP contribution >= 0.6 is 0 Å². The minimum absolute atomic E-state index is 0.0615. The second-order valence-corrected chi connectivity index (χ2v) is 4.67. The van der Waals surface area contributed by atoms with Gasteiger partial charge in [0.05, 0.1) is 0 Å². The van der Waals surface area contributed by atoms with E-state index in [0.717, 1.165) is 11.3 Å². The number of aryl methyl sites for hydroxylation is 1. The maximum absolute atomic E-state index is 11.9. The van der Waals surface area contributed by atoms with Crippen LogP contribution in [0, 0.1) is 6.92 Å². The number of hydrogen-bond donors (Lipinski definition) is 1. The van der Waals surface area contributed by atoms with Crippen molar-refractivity contribution in [2.75, 3.05) is 18.7 Å². The Morgan fingerprint density at radius 1 is 1.19 bits per heavy atom. The van der Waals surface area contributed by atoms with Crippen LogP contribution < -0.4 is 19.5 Å². The molecule has 1 aliphatic heterocycles. The molecule has 3 rings (SSSR count). The molecule has 5 nitrogen and oxygen atoms in total. The first-order valence-corrected chi connectivity index (χ1v) is 6.60. The van der Waals surface area contributed by atoms with Gasteiger partial charge in [0.25, 0.3) is 5.91 Å². The molecule has 0 bridgehead atoms. The van der Waals surface area contributed by atoms with Gasteiger partial charge >= 0.3 is 0 Å². The van der Waals surface area contributed by atoms with Gasteiger partial charge < -0.3 is 19.5 Å². The zero-order valence-corrected chi connectivity index (χ0v) is 11.6. The number of fused-ring (bicyclic) bond motifs is 1. The fraction of sp³-hybridized carbons (Fsp3) is 0.188. The summed E-state index contributed by atoms with van der Waals surface area (Å²) in [4.78, 5) is 11.9. The number of ether oxygens (including phenoxy) is 3. The molecule has 108 valence electrons. The number of benzene rings is 2. The number of amides is 1. The number of hydrogen-bond acceptors (Lipinski definition) is 4. The topological polar surface area (TPSA) is 56.8 Å². The maximum atomic E-state index is 11.9. The molecule has 5 heteroatoms. The van der Waals surface area contributed by atoms with Crippen LogP contribution in [0.4, 0.5) is 5.69 Å². The highest BCUT2D eigenvalue weighted by atomic mass is 16.7. The highest BCUT2D eigenvalue weighted by molar-refractivity contribution is 5.92. The molecule has 21 heavy (non-hydrogen) atoms. The lowest BCUT2D eigenvalue weighted by atomic mass is 10.2. The molecular weight excluding hydrogens is 270 g/mol. The van der Waals surface area contributed by atoms with Crippen LogP contribution in [0.3, 0.4) is 0 Å². The molecule has 0 unspecified atom stereocenters. The van der Waals surface area contributed by atoms with E-state index in [4.69, 9.17) is 14.2 Å². The van der Waals surface area contributed by atoms with Gasteiger partial charge in [0.1, 0.15) is 5.75 Å². The standard InChI is InChI=1S/C16H15NO4/c1-11-4-2-3-5-13(11)17-16(18)9-19-12-6-7-14-15(8-12)21-10-20-14/h2-8H,9-10H2,1H3,(H,17,18). The van der Waals surface area contributed by atoms with Gasteiger partial charge in [-0.3, -0.25) is 4.79 Å². The average Bonchev–Trinajstić information content (AvgIpc) is 2.95. The molecule has 1 aliphatic rings. The van der Waals surface area contributed by atoms with E-state index in [1.54, 1.807) is 18.2 Å². The number of rotatable bonds is 4. The van der Waals surface area contributed by atoms with E-state index in [2.05, 4.69) is 5.32 Å². The van der Waals surface area contributed by atoms with Gasteiger partial charge in [-0.05, 0) is 30.7 Å². The number of carbonyl (C=O) groups excluding carboxylic acids is 1. The van der Waals surface area contributed by atoms with E-state index < -0.39 is 0 Å². The summed E-state index contributed by atoms with van der Waals surface area (Å²) in [5.41, 5.74) is 1.80. The third-order valence-corrected chi connectivity index (χ3v) is 3.13. The molecule has 0 saturated heterocycles. The Labute approximate surface area is 122 Å². The Hall–Kier alpha value is -2.69. The number of carbonyl (C=O) groups is 1. The van der Waals surface area contributed by atoms with Gasteiger partial charge in [0, 0.05) is 11.8 Å². The number of nitrogens with one attached hydrogen (secondary N) is 1. The third-order valence-electron chi connectivity index (χ3n) is 3.13. The van der Waals surface area contributed by atoms with Crippen molar-refractivity contribution in [1.82, 2.24) is 0 Å². The Bertz CT molecular complexity index is 669. The van der Waals surface area contributed by atoms with Crippen molar-refractivity contribution in [3.05, 3.63) is 48.0 Å². The first kappa shape index (κ1) is 13.3. The highest BCUT2D eigenvalue weighted by Gasteiger charge is 2.14. The largest absolute Gasteiger partial charge is 0.484 e. The molecular formula is C16H15NO4. The van der Waals surface area contributed by atoms with Gasteiger partial charge in [-0.2, -0.15) is 0 Å². The van der Waals surface area contributed by atoms with E-state index >= 15 is 0 Å². The van der Waals surface area contributed by atoms with Crippen molar-refractivity contribution in [1.29, 1.82) is 0 Å². The monoisotopic (exact) mass is 285 g/mol. The third kappa shape index (κ3) is 3.08. The average molecular weight is 285 g/mol. The van der Waals surface area contributed by atoms with E-state index in [-0.39, 0.29) is 19.3 Å². The lowest BCUT2D eigenvalue weighted by Crippen LogP contribution is -2.20. The Morgan fingerprint density at radius 2 is 2.00 bits per heavy atom. The maximum Gasteiger partial charge on any atom is 0.262 e. The predicted octanol–water partition coefficient (Wildman–Crippen LogP) is 2.74. The molecule has 0 radical (unpaired) electrons. The van der Waals surface area contributed by atoms with Crippen molar-refractivity contribution in [3.63, 3.8) is 0 Å². The van der Waals surface area contributed by atoms with Gasteiger partial charge in [0.2, 0.25) is 6.79 Å². The Morgan fingerprint density at radius 3 is 2.86 bits per heavy atom. The minimum Gasteiger partial charge on any atom is -0.484 e. The quantitative estimate of drug-likeness (QED) is 0.938. The molecule has 0 aromatic heterocycles. The van der Waals surface area contributed by atoms with Crippen LogP contribution in [0.2, 0.25) is 0 Å². The number of para-hydroxylation sites is 1. The molecule has 2 aromatic rings. The molecule has 0 spiro atoms. The molecule has 0 fully saturated rings. The van der Waals surface area contributed by atoms with Crippen LogP contribution in [0.15, 0.2) is 42.5 Å². The first-order chi connectivity index (χ1) is 10.2. The summed E-state index contributed by atoms with van der Waals surface area (Å²) in [6, 6.07) is 12.8. The predicted molar refractivity (Wildman–Crippen MR) is 77.9 cm³/mol. The molecule has 0 aliphatic carbocycles. The van der Waals surface area contributed by atoms with Crippen LogP contribution in [-0.4, -0.2) is 19.3 Å². The van der Waals surface area contributed by atoms with Crippen LogP contribution in [0.25, 0.3) is 0 Å². The normalized spacial score (nSPS) is 12.0. The molecule has 1 heterocycles. The fourth-order valence-electron chi connectivity index (χ4n) is 2.01. The van der Waals surface area contributed by atoms with Crippen molar-refractivity contribution >= 4 is 11.6 Å². The van der Waals surface area contributed by atoms with Crippen molar-refractivity contribution in [2.24, 2.45) is 0 Å². The summed E-state index contributed by atoms with van der Waals surface area (Å²) in [6.07, 6.45) is 0. The van der Waals surface area contributed by atoms with Crippen molar-refractivity contribution in [2.45, 2.75) is 6.92 Å². The van der Waals surface area contributed by atoms with E-state index in [0.29, 0.717) is 17.2 Å². The molecule has 0 atom stereocenters. The van der Waals surface area contributed by atoms with E-state index in [9.17, 15) is 4.79 Å². The fourth-order valence-corrected chi connectivity index (χ4v) is 2.01. The second-order valence-electron chi connectivity index (χ2n) is 4.67. The van der Waals surface area contributed by atoms with Gasteiger partial charge in [0.15, 0.2) is 18.1 Å². The lowest BCUT2D eigenvalue weighted by molar-refractivity contribution is -0.118. The molecule has 1 amide bonds. The minimum atomic E-state index is -0.207. The molecule has 0 saturated carbocycles. The van der Waals surface area contributed by atoms with Crippen molar-refractivity contribution in [3.8, 4) is 17.2 Å². The number of anilines is 1. The smallest absolute Gasteiger partial charge is 0.262 e. The zero-order chi connectivity index (χ0) is 14.7. The van der Waals surface area contributed by atoms with Gasteiger partial charge in [-0.1, -0.05) is 18.2 Å². The SMILES string of the molecule is Cc1ccccc1NC(=O)COc1ccc2c(c1)OCO2.